The molecule has 0 bridgehead atoms. The largest absolute Gasteiger partial charge is 0.334 e. The number of carbonyl (C=O) groups is 4. The van der Waals surface area contributed by atoms with Crippen LogP contribution in [0.1, 0.15) is 57.4 Å². The molecule has 0 spiro atoms. The Hall–Kier alpha value is -3.68. The minimum absolute atomic E-state index is 0.220. The minimum atomic E-state index is -0.630. The fourth-order valence-electron chi connectivity index (χ4n) is 4.87. The molecule has 5 rings (SSSR count). The zero-order chi connectivity index (χ0) is 22.9. The van der Waals surface area contributed by atoms with E-state index in [-0.39, 0.29) is 30.8 Å². The molecule has 3 aliphatic rings. The maximum Gasteiger partial charge on any atom is 0.315 e. The number of carbonyl (C=O) groups excluding carboxylic acids is 4. The minimum Gasteiger partial charge on any atom is -0.334 e. The van der Waals surface area contributed by atoms with E-state index < -0.39 is 11.9 Å². The van der Waals surface area contributed by atoms with Gasteiger partial charge in [-0.2, -0.15) is 0 Å². The Balaban J connectivity index is 1.16. The normalized spacial score (nSPS) is 19.2. The second-order valence-corrected chi connectivity index (χ2v) is 8.88. The quantitative estimate of drug-likeness (QED) is 0.610. The Morgan fingerprint density at radius 3 is 2.36 bits per heavy atom. The van der Waals surface area contributed by atoms with Gasteiger partial charge in [0.05, 0.1) is 0 Å². The Bertz CT molecular complexity index is 1160. The predicted octanol–water partition coefficient (Wildman–Crippen LogP) is 1.94. The highest BCUT2D eigenvalue weighted by molar-refractivity contribution is 6.05. The van der Waals surface area contributed by atoms with Gasteiger partial charge in [-0.3, -0.25) is 19.7 Å². The summed E-state index contributed by atoms with van der Waals surface area (Å²) in [5.41, 5.74) is 6.06. The number of aryl methyl sites for hydroxylation is 2. The third-order valence-electron chi connectivity index (χ3n) is 6.66. The van der Waals surface area contributed by atoms with Crippen LogP contribution >= 0.6 is 0 Å². The summed E-state index contributed by atoms with van der Waals surface area (Å²) >= 11 is 0. The molecule has 0 saturated carbocycles. The zero-order valence-corrected chi connectivity index (χ0v) is 18.3. The number of piperidine rings is 1. The zero-order valence-electron chi connectivity index (χ0n) is 18.3. The molecule has 1 aliphatic carbocycles. The maximum atomic E-state index is 12.9. The van der Waals surface area contributed by atoms with Crippen molar-refractivity contribution in [1.29, 1.82) is 0 Å². The van der Waals surface area contributed by atoms with Crippen LogP contribution in [0.2, 0.25) is 0 Å². The van der Waals surface area contributed by atoms with E-state index in [2.05, 4.69) is 34.1 Å². The van der Waals surface area contributed by atoms with Crippen LogP contribution in [0.15, 0.2) is 36.4 Å². The number of urea groups is 1. The van der Waals surface area contributed by atoms with E-state index >= 15 is 0 Å². The highest BCUT2D eigenvalue weighted by atomic mass is 16.2. The number of nitrogens with one attached hydrogen (secondary N) is 3. The van der Waals surface area contributed by atoms with Crippen molar-refractivity contribution in [3.63, 3.8) is 0 Å². The molecule has 2 aliphatic heterocycles. The molecule has 8 heteroatoms. The van der Waals surface area contributed by atoms with Gasteiger partial charge in [0.15, 0.2) is 0 Å². The van der Waals surface area contributed by atoms with Crippen LogP contribution in [0.3, 0.4) is 0 Å². The summed E-state index contributed by atoms with van der Waals surface area (Å²) in [6, 6.07) is 11.0. The predicted molar refractivity (Wildman–Crippen MR) is 120 cm³/mol. The van der Waals surface area contributed by atoms with Crippen LogP contribution in [0, 0.1) is 0 Å². The molecule has 1 atom stereocenters. The molecule has 1 fully saturated rings. The van der Waals surface area contributed by atoms with Crippen LogP contribution in [0.4, 0.5) is 4.79 Å². The maximum absolute atomic E-state index is 12.9. The molecule has 2 aromatic carbocycles. The van der Waals surface area contributed by atoms with E-state index in [0.717, 1.165) is 29.5 Å². The molecule has 1 saturated heterocycles. The van der Waals surface area contributed by atoms with Gasteiger partial charge in [0.1, 0.15) is 6.04 Å². The molecule has 0 aromatic heterocycles. The Morgan fingerprint density at radius 1 is 0.909 bits per heavy atom. The van der Waals surface area contributed by atoms with Crippen molar-refractivity contribution in [3.8, 4) is 0 Å². The third kappa shape index (κ3) is 4.33. The van der Waals surface area contributed by atoms with E-state index in [0.29, 0.717) is 25.1 Å². The Kier molecular flexibility index (Phi) is 5.58. The van der Waals surface area contributed by atoms with Crippen molar-refractivity contribution < 1.29 is 19.2 Å². The van der Waals surface area contributed by atoms with Crippen molar-refractivity contribution in [3.05, 3.63) is 69.8 Å². The lowest BCUT2D eigenvalue weighted by atomic mass is 10.0. The number of amides is 5. The van der Waals surface area contributed by atoms with Crippen molar-refractivity contribution in [2.45, 2.75) is 57.8 Å². The highest BCUT2D eigenvalue weighted by Crippen LogP contribution is 2.28. The van der Waals surface area contributed by atoms with Crippen LogP contribution < -0.4 is 16.0 Å². The molecule has 5 amide bonds. The number of rotatable bonds is 5. The fraction of sp³-hybridized carbons (Fsp3) is 0.360. The number of hydrogen-bond acceptors (Lipinski definition) is 4. The average Bonchev–Trinajstić information content (AvgIpc) is 3.40. The van der Waals surface area contributed by atoms with E-state index in [9.17, 15) is 19.2 Å². The molecule has 33 heavy (non-hydrogen) atoms. The number of fused-ring (bicyclic) bond motifs is 2. The monoisotopic (exact) mass is 446 g/mol. The lowest BCUT2D eigenvalue weighted by Crippen LogP contribution is -2.52. The smallest absolute Gasteiger partial charge is 0.315 e. The van der Waals surface area contributed by atoms with Gasteiger partial charge < -0.3 is 15.5 Å². The topological polar surface area (TPSA) is 108 Å². The summed E-state index contributed by atoms with van der Waals surface area (Å²) in [4.78, 5) is 50.3. The number of hydrogen-bond donors (Lipinski definition) is 3. The summed E-state index contributed by atoms with van der Waals surface area (Å²) in [5.74, 6) is -0.944. The van der Waals surface area contributed by atoms with Gasteiger partial charge in [-0.05, 0) is 59.6 Å². The summed E-state index contributed by atoms with van der Waals surface area (Å²) in [7, 11) is 0. The molecule has 170 valence electrons. The summed E-state index contributed by atoms with van der Waals surface area (Å²) in [5, 5.41) is 8.03. The van der Waals surface area contributed by atoms with Crippen LogP contribution in [-0.4, -0.2) is 34.7 Å². The highest BCUT2D eigenvalue weighted by Gasteiger charge is 2.39. The lowest BCUT2D eigenvalue weighted by molar-refractivity contribution is -0.136. The van der Waals surface area contributed by atoms with Crippen LogP contribution in [0.5, 0.6) is 0 Å². The third-order valence-corrected chi connectivity index (χ3v) is 6.66. The van der Waals surface area contributed by atoms with Gasteiger partial charge in [-0.15, -0.1) is 0 Å². The van der Waals surface area contributed by atoms with Gasteiger partial charge in [-0.1, -0.05) is 30.3 Å². The van der Waals surface area contributed by atoms with E-state index in [1.165, 1.54) is 22.4 Å². The van der Waals surface area contributed by atoms with Crippen LogP contribution in [-0.2, 0) is 42.1 Å². The van der Waals surface area contributed by atoms with Crippen molar-refractivity contribution in [2.24, 2.45) is 0 Å². The second-order valence-electron chi connectivity index (χ2n) is 8.88. The van der Waals surface area contributed by atoms with E-state index in [1.807, 2.05) is 12.1 Å². The second kappa shape index (κ2) is 8.69. The summed E-state index contributed by atoms with van der Waals surface area (Å²) in [6.07, 6.45) is 4.00. The van der Waals surface area contributed by atoms with Crippen molar-refractivity contribution >= 4 is 23.8 Å². The molecule has 8 nitrogen and oxygen atoms in total. The van der Waals surface area contributed by atoms with Gasteiger partial charge in [0, 0.05) is 31.6 Å². The number of benzene rings is 2. The number of imide groups is 1. The summed E-state index contributed by atoms with van der Waals surface area (Å²) in [6.45, 7) is 1.09. The Labute approximate surface area is 191 Å². The average molecular weight is 447 g/mol. The molecule has 0 radical (unpaired) electrons. The Morgan fingerprint density at radius 2 is 1.61 bits per heavy atom. The molecular formula is C25H26N4O4. The van der Waals surface area contributed by atoms with E-state index in [1.54, 1.807) is 6.07 Å². The molecular weight excluding hydrogens is 420 g/mol. The molecule has 3 N–H and O–H groups in total. The first-order valence-electron chi connectivity index (χ1n) is 11.4. The summed E-state index contributed by atoms with van der Waals surface area (Å²) < 4.78 is 0. The molecule has 2 aromatic rings. The van der Waals surface area contributed by atoms with Crippen LogP contribution in [0.25, 0.3) is 0 Å². The van der Waals surface area contributed by atoms with E-state index in [4.69, 9.17) is 0 Å². The lowest BCUT2D eigenvalue weighted by Gasteiger charge is -2.29. The fourth-order valence-corrected chi connectivity index (χ4v) is 4.87. The first kappa shape index (κ1) is 21.2. The molecule has 2 heterocycles. The first-order chi connectivity index (χ1) is 16.0. The molecule has 1 unspecified atom stereocenters. The van der Waals surface area contributed by atoms with Crippen molar-refractivity contribution in [1.82, 2.24) is 20.9 Å². The van der Waals surface area contributed by atoms with Gasteiger partial charge in [0.25, 0.3) is 5.91 Å². The van der Waals surface area contributed by atoms with Gasteiger partial charge in [-0.25, -0.2) is 4.79 Å². The van der Waals surface area contributed by atoms with Gasteiger partial charge >= 0.3 is 6.03 Å². The first-order valence-corrected chi connectivity index (χ1v) is 11.4. The van der Waals surface area contributed by atoms with Crippen molar-refractivity contribution in [2.75, 3.05) is 0 Å². The number of nitrogens with zero attached hydrogens (tertiary/aromatic N) is 1. The van der Waals surface area contributed by atoms with Gasteiger partial charge in [0.2, 0.25) is 11.8 Å². The standard InChI is InChI=1S/C25H26N4O4/c30-22-9-8-21(23(31)28-22)29-14-19-7-5-16(11-20(19)24(29)32)13-27-25(33)26-12-15-4-6-17-2-1-3-18(17)10-15/h4-7,10-11,21H,1-3,8-9,12-14H2,(H2,26,27,33)(H,28,30,31). The SMILES string of the molecule is O=C1CCC(N2Cc3ccc(CNC(=O)NCc4ccc5c(c4)CCC5)cc3C2=O)C(=O)N1.